The first-order valence-corrected chi connectivity index (χ1v) is 12.1. The summed E-state index contributed by atoms with van der Waals surface area (Å²) in [5.41, 5.74) is 4.31. The van der Waals surface area contributed by atoms with Gasteiger partial charge in [-0.2, -0.15) is 0 Å². The quantitative estimate of drug-likeness (QED) is 0.283. The van der Waals surface area contributed by atoms with Crippen LogP contribution in [0.2, 0.25) is 5.02 Å². The van der Waals surface area contributed by atoms with Crippen molar-refractivity contribution in [1.82, 2.24) is 19.7 Å². The Labute approximate surface area is 195 Å². The lowest BCUT2D eigenvalue weighted by molar-refractivity contribution is 0.211. The maximum atomic E-state index is 6.30. The average Bonchev–Trinajstić information content (AvgIpc) is 3.32. The zero-order valence-electron chi connectivity index (χ0n) is 17.8. The minimum absolute atomic E-state index is 0.209. The molecular formula is C23H23ClN4OS2. The minimum Gasteiger partial charge on any atom is -0.483 e. The van der Waals surface area contributed by atoms with Gasteiger partial charge in [-0.1, -0.05) is 47.6 Å². The fraction of sp³-hybridized carbons (Fsp3) is 0.261. The van der Waals surface area contributed by atoms with Crippen molar-refractivity contribution in [3.63, 3.8) is 0 Å². The number of ether oxygens (including phenoxy) is 1. The van der Waals surface area contributed by atoms with Crippen LogP contribution in [-0.4, -0.2) is 19.7 Å². The Balaban J connectivity index is 1.42. The van der Waals surface area contributed by atoms with Crippen LogP contribution in [0.1, 0.15) is 35.7 Å². The highest BCUT2D eigenvalue weighted by Gasteiger charge is 2.18. The summed E-state index contributed by atoms with van der Waals surface area (Å²) in [6.07, 6.45) is -0.209. The number of aromatic nitrogens is 4. The minimum atomic E-state index is -0.209. The lowest BCUT2D eigenvalue weighted by Crippen LogP contribution is -2.10. The predicted octanol–water partition coefficient (Wildman–Crippen LogP) is 6.64. The molecule has 0 amide bonds. The SMILES string of the molecule is Cc1cc(C)cc(OC(C)c2nnc(SCc3csc(-c4ccccc4Cl)n3)n2C)c1. The number of hydrogen-bond acceptors (Lipinski definition) is 6. The smallest absolute Gasteiger partial charge is 0.191 e. The monoisotopic (exact) mass is 470 g/mol. The molecule has 2 heterocycles. The van der Waals surface area contributed by atoms with Crippen LogP contribution < -0.4 is 4.74 Å². The number of hydrogen-bond donors (Lipinski definition) is 0. The van der Waals surface area contributed by atoms with Gasteiger partial charge >= 0.3 is 0 Å². The first kappa shape index (κ1) is 21.9. The Morgan fingerprint density at radius 1 is 1.13 bits per heavy atom. The molecule has 8 heteroatoms. The van der Waals surface area contributed by atoms with E-state index in [2.05, 4.69) is 35.5 Å². The van der Waals surface area contributed by atoms with Crippen molar-refractivity contribution in [2.75, 3.05) is 0 Å². The van der Waals surface area contributed by atoms with Gasteiger partial charge in [-0.05, 0) is 50.1 Å². The van der Waals surface area contributed by atoms with Crippen molar-refractivity contribution in [3.8, 4) is 16.3 Å². The van der Waals surface area contributed by atoms with Crippen LogP contribution >= 0.6 is 34.7 Å². The van der Waals surface area contributed by atoms with Gasteiger partial charge < -0.3 is 9.30 Å². The molecule has 0 aliphatic rings. The van der Waals surface area contributed by atoms with Crippen LogP contribution in [0.4, 0.5) is 0 Å². The number of aryl methyl sites for hydroxylation is 2. The standard InChI is InChI=1S/C23H23ClN4OS2/c1-14-9-15(2)11-18(10-14)29-16(3)21-26-27-23(28(21)4)31-13-17-12-30-22(25-17)19-7-5-6-8-20(19)24/h5-12,16H,13H2,1-4H3. The summed E-state index contributed by atoms with van der Waals surface area (Å²) in [7, 11) is 1.97. The molecule has 0 spiro atoms. The molecule has 4 rings (SSSR count). The van der Waals surface area contributed by atoms with Gasteiger partial charge in [0, 0.05) is 23.7 Å². The second kappa shape index (κ2) is 9.42. The fourth-order valence-corrected chi connectivity index (χ4v) is 5.39. The maximum absolute atomic E-state index is 6.30. The maximum Gasteiger partial charge on any atom is 0.191 e. The molecule has 0 radical (unpaired) electrons. The largest absolute Gasteiger partial charge is 0.483 e. The highest BCUT2D eigenvalue weighted by molar-refractivity contribution is 7.98. The van der Waals surface area contributed by atoms with E-state index in [1.807, 2.05) is 54.9 Å². The van der Waals surface area contributed by atoms with Gasteiger partial charge in [-0.15, -0.1) is 21.5 Å². The summed E-state index contributed by atoms with van der Waals surface area (Å²) < 4.78 is 8.11. The normalized spacial score (nSPS) is 12.2. The van der Waals surface area contributed by atoms with Crippen molar-refractivity contribution < 1.29 is 4.74 Å². The molecule has 5 nitrogen and oxygen atoms in total. The van der Waals surface area contributed by atoms with Gasteiger partial charge in [0.05, 0.1) is 10.7 Å². The fourth-order valence-electron chi connectivity index (χ4n) is 3.33. The molecule has 31 heavy (non-hydrogen) atoms. The summed E-state index contributed by atoms with van der Waals surface area (Å²) in [5, 5.41) is 13.3. The van der Waals surface area contributed by atoms with Crippen molar-refractivity contribution in [2.24, 2.45) is 7.05 Å². The van der Waals surface area contributed by atoms with E-state index < -0.39 is 0 Å². The van der Waals surface area contributed by atoms with Crippen molar-refractivity contribution in [2.45, 2.75) is 37.8 Å². The molecule has 0 fully saturated rings. The molecule has 0 bridgehead atoms. The molecule has 4 aromatic rings. The molecule has 0 aliphatic heterocycles. The molecule has 0 aliphatic carbocycles. The third kappa shape index (κ3) is 5.11. The van der Waals surface area contributed by atoms with E-state index in [9.17, 15) is 0 Å². The van der Waals surface area contributed by atoms with Gasteiger partial charge in [-0.3, -0.25) is 0 Å². The predicted molar refractivity (Wildman–Crippen MR) is 128 cm³/mol. The van der Waals surface area contributed by atoms with E-state index in [4.69, 9.17) is 21.3 Å². The van der Waals surface area contributed by atoms with Crippen LogP contribution in [0.3, 0.4) is 0 Å². The average molecular weight is 471 g/mol. The third-order valence-corrected chi connectivity index (χ3v) is 7.05. The number of halogens is 1. The molecule has 1 atom stereocenters. The van der Waals surface area contributed by atoms with E-state index in [0.29, 0.717) is 10.8 Å². The molecule has 2 aromatic heterocycles. The lowest BCUT2D eigenvalue weighted by Gasteiger charge is -2.15. The van der Waals surface area contributed by atoms with E-state index in [1.165, 1.54) is 11.1 Å². The van der Waals surface area contributed by atoms with Crippen LogP contribution in [0.5, 0.6) is 5.75 Å². The molecule has 0 saturated heterocycles. The number of rotatable bonds is 7. The number of benzene rings is 2. The molecule has 1 unspecified atom stereocenters. The van der Waals surface area contributed by atoms with Crippen LogP contribution in [-0.2, 0) is 12.8 Å². The van der Waals surface area contributed by atoms with Crippen LogP contribution in [0.25, 0.3) is 10.6 Å². The summed E-state index contributed by atoms with van der Waals surface area (Å²) >= 11 is 9.50. The Morgan fingerprint density at radius 2 is 1.87 bits per heavy atom. The first-order valence-electron chi connectivity index (χ1n) is 9.87. The van der Waals surface area contributed by atoms with Crippen molar-refractivity contribution in [1.29, 1.82) is 0 Å². The zero-order valence-corrected chi connectivity index (χ0v) is 20.2. The Hall–Kier alpha value is -2.35. The van der Waals surface area contributed by atoms with Gasteiger partial charge in [-0.25, -0.2) is 4.98 Å². The molecule has 0 N–H and O–H groups in total. The number of nitrogens with zero attached hydrogens (tertiary/aromatic N) is 4. The van der Waals surface area contributed by atoms with E-state index >= 15 is 0 Å². The Bertz CT molecular complexity index is 1180. The number of thioether (sulfide) groups is 1. The molecule has 2 aromatic carbocycles. The van der Waals surface area contributed by atoms with E-state index in [0.717, 1.165) is 33.0 Å². The second-order valence-corrected chi connectivity index (χ2v) is 9.60. The summed E-state index contributed by atoms with van der Waals surface area (Å²) in [6.45, 7) is 6.13. The highest BCUT2D eigenvalue weighted by Crippen LogP contribution is 2.32. The molecule has 160 valence electrons. The second-order valence-electron chi connectivity index (χ2n) is 7.40. The molecular weight excluding hydrogens is 448 g/mol. The lowest BCUT2D eigenvalue weighted by atomic mass is 10.1. The Kier molecular flexibility index (Phi) is 6.65. The van der Waals surface area contributed by atoms with Gasteiger partial charge in [0.15, 0.2) is 17.1 Å². The summed E-state index contributed by atoms with van der Waals surface area (Å²) in [4.78, 5) is 4.73. The summed E-state index contributed by atoms with van der Waals surface area (Å²) in [5.74, 6) is 2.34. The Morgan fingerprint density at radius 3 is 2.61 bits per heavy atom. The third-order valence-electron chi connectivity index (χ3n) is 4.75. The van der Waals surface area contributed by atoms with Crippen LogP contribution in [0, 0.1) is 13.8 Å². The highest BCUT2D eigenvalue weighted by atomic mass is 35.5. The van der Waals surface area contributed by atoms with Gasteiger partial charge in [0.25, 0.3) is 0 Å². The van der Waals surface area contributed by atoms with Crippen molar-refractivity contribution in [3.05, 3.63) is 75.5 Å². The van der Waals surface area contributed by atoms with E-state index in [1.54, 1.807) is 23.1 Å². The van der Waals surface area contributed by atoms with Gasteiger partial charge in [0.2, 0.25) is 0 Å². The summed E-state index contributed by atoms with van der Waals surface area (Å²) in [6, 6.07) is 14.0. The van der Waals surface area contributed by atoms with Gasteiger partial charge in [0.1, 0.15) is 10.8 Å². The topological polar surface area (TPSA) is 52.8 Å². The van der Waals surface area contributed by atoms with Crippen LogP contribution in [0.15, 0.2) is 53.0 Å². The number of thiazole rings is 1. The first-order chi connectivity index (χ1) is 14.9. The molecule has 0 saturated carbocycles. The van der Waals surface area contributed by atoms with Crippen molar-refractivity contribution >= 4 is 34.7 Å². The van der Waals surface area contributed by atoms with E-state index in [-0.39, 0.29) is 6.10 Å². The zero-order chi connectivity index (χ0) is 22.0.